The Labute approximate surface area is 194 Å². The molecule has 1 aromatic carbocycles. The third-order valence-electron chi connectivity index (χ3n) is 5.71. The Morgan fingerprint density at radius 3 is 2.45 bits per heavy atom. The van der Waals surface area contributed by atoms with Crippen molar-refractivity contribution in [2.45, 2.75) is 40.7 Å². The Morgan fingerprint density at radius 1 is 1.09 bits per heavy atom. The molecule has 0 radical (unpaired) electrons. The van der Waals surface area contributed by atoms with E-state index in [9.17, 15) is 9.59 Å². The Bertz CT molecular complexity index is 1170. The molecule has 0 saturated heterocycles. The van der Waals surface area contributed by atoms with Crippen LogP contribution in [0.1, 0.15) is 51.7 Å². The van der Waals surface area contributed by atoms with Gasteiger partial charge in [-0.25, -0.2) is 9.48 Å². The SMILES string of the molecule is COCC(C)n1c(C)cc(C(=O)COC(=O)/C=C/c2c(C)nn(-c3ccccc3)c2C)c1C. The minimum atomic E-state index is -0.573. The molecule has 1 unspecified atom stereocenters. The second kappa shape index (κ2) is 10.4. The zero-order valence-corrected chi connectivity index (χ0v) is 20.1. The van der Waals surface area contributed by atoms with E-state index in [4.69, 9.17) is 9.47 Å². The summed E-state index contributed by atoms with van der Waals surface area (Å²) in [6.07, 6.45) is 3.02. The number of ether oxygens (including phenoxy) is 2. The molecular weight excluding hydrogens is 418 g/mol. The highest BCUT2D eigenvalue weighted by atomic mass is 16.5. The van der Waals surface area contributed by atoms with Gasteiger partial charge in [0.25, 0.3) is 0 Å². The molecular formula is C26H31N3O4. The highest BCUT2D eigenvalue weighted by Crippen LogP contribution is 2.22. The lowest BCUT2D eigenvalue weighted by atomic mass is 10.1. The largest absolute Gasteiger partial charge is 0.454 e. The van der Waals surface area contributed by atoms with Gasteiger partial charge in [-0.1, -0.05) is 18.2 Å². The van der Waals surface area contributed by atoms with E-state index >= 15 is 0 Å². The average Bonchev–Trinajstić information content (AvgIpc) is 3.25. The quantitative estimate of drug-likeness (QED) is 0.272. The van der Waals surface area contributed by atoms with E-state index < -0.39 is 5.97 Å². The molecule has 0 spiro atoms. The Balaban J connectivity index is 1.66. The second-order valence-electron chi connectivity index (χ2n) is 8.16. The van der Waals surface area contributed by atoms with E-state index in [2.05, 4.69) is 9.67 Å². The summed E-state index contributed by atoms with van der Waals surface area (Å²) in [5, 5.41) is 4.57. The molecule has 0 fully saturated rings. The van der Waals surface area contributed by atoms with Crippen LogP contribution < -0.4 is 0 Å². The van der Waals surface area contributed by atoms with Gasteiger partial charge in [0.1, 0.15) is 0 Å². The topological polar surface area (TPSA) is 75.3 Å². The van der Waals surface area contributed by atoms with Gasteiger partial charge in [-0.15, -0.1) is 0 Å². The summed E-state index contributed by atoms with van der Waals surface area (Å²) >= 11 is 0. The lowest BCUT2D eigenvalue weighted by molar-refractivity contribution is -0.136. The highest BCUT2D eigenvalue weighted by molar-refractivity contribution is 6.00. The number of rotatable bonds is 9. The molecule has 2 heterocycles. The third kappa shape index (κ3) is 5.31. The van der Waals surface area contributed by atoms with E-state index in [1.165, 1.54) is 6.08 Å². The number of aryl methyl sites for hydroxylation is 2. The van der Waals surface area contributed by atoms with Crippen molar-refractivity contribution in [2.24, 2.45) is 0 Å². The van der Waals surface area contributed by atoms with Gasteiger partial charge in [0, 0.05) is 41.4 Å². The van der Waals surface area contributed by atoms with Crippen LogP contribution in [0, 0.1) is 27.7 Å². The van der Waals surface area contributed by atoms with Crippen molar-refractivity contribution < 1.29 is 19.1 Å². The van der Waals surface area contributed by atoms with Crippen molar-refractivity contribution >= 4 is 17.8 Å². The number of benzene rings is 1. The number of esters is 1. The number of para-hydroxylation sites is 1. The predicted molar refractivity (Wildman–Crippen MR) is 128 cm³/mol. The van der Waals surface area contributed by atoms with Gasteiger partial charge in [0.2, 0.25) is 5.78 Å². The van der Waals surface area contributed by atoms with Gasteiger partial charge in [-0.2, -0.15) is 5.10 Å². The Kier molecular flexibility index (Phi) is 7.66. The van der Waals surface area contributed by atoms with Crippen LogP contribution in [-0.2, 0) is 14.3 Å². The Morgan fingerprint density at radius 2 is 1.79 bits per heavy atom. The number of Topliss-reactive ketones (excluding diaryl/α,β-unsaturated/α-hetero) is 1. The van der Waals surface area contributed by atoms with E-state index in [1.54, 1.807) is 13.2 Å². The summed E-state index contributed by atoms with van der Waals surface area (Å²) < 4.78 is 14.4. The maximum atomic E-state index is 12.7. The van der Waals surface area contributed by atoms with Crippen LogP contribution in [0.4, 0.5) is 0 Å². The number of carbonyl (C=O) groups excluding carboxylic acids is 2. The Hall–Kier alpha value is -3.45. The minimum absolute atomic E-state index is 0.102. The third-order valence-corrected chi connectivity index (χ3v) is 5.71. The fraction of sp³-hybridized carbons (Fsp3) is 0.346. The molecule has 3 rings (SSSR count). The zero-order chi connectivity index (χ0) is 24.1. The van der Waals surface area contributed by atoms with E-state index in [-0.39, 0.29) is 18.4 Å². The van der Waals surface area contributed by atoms with Crippen LogP contribution in [0.2, 0.25) is 0 Å². The van der Waals surface area contributed by atoms with Crippen molar-refractivity contribution in [3.8, 4) is 5.69 Å². The first kappa shape index (κ1) is 24.2. The molecule has 0 bridgehead atoms. The summed E-state index contributed by atoms with van der Waals surface area (Å²) in [7, 11) is 1.65. The lowest BCUT2D eigenvalue weighted by Crippen LogP contribution is -2.16. The molecule has 0 aliphatic heterocycles. The van der Waals surface area contributed by atoms with Crippen LogP contribution in [0.15, 0.2) is 42.5 Å². The minimum Gasteiger partial charge on any atom is -0.454 e. The molecule has 1 atom stereocenters. The number of ketones is 1. The number of hydrogen-bond donors (Lipinski definition) is 0. The molecule has 2 aromatic heterocycles. The standard InChI is InChI=1S/C26H31N3O4/c1-17-14-24(20(4)28(17)18(2)15-32-6)25(30)16-33-26(31)13-12-23-19(3)27-29(21(23)5)22-10-8-7-9-11-22/h7-14,18H,15-16H2,1-6H3/b13-12+. The van der Waals surface area contributed by atoms with Gasteiger partial charge < -0.3 is 14.0 Å². The fourth-order valence-electron chi connectivity index (χ4n) is 4.18. The zero-order valence-electron chi connectivity index (χ0n) is 20.1. The summed E-state index contributed by atoms with van der Waals surface area (Å²) in [6.45, 7) is 9.95. The molecule has 0 N–H and O–H groups in total. The van der Waals surface area contributed by atoms with Crippen LogP contribution in [-0.4, -0.2) is 46.4 Å². The summed E-state index contributed by atoms with van der Waals surface area (Å²) in [4.78, 5) is 25.0. The monoisotopic (exact) mass is 449 g/mol. The number of aromatic nitrogens is 3. The lowest BCUT2D eigenvalue weighted by Gasteiger charge is -2.17. The molecule has 33 heavy (non-hydrogen) atoms. The molecule has 0 aliphatic rings. The van der Waals surface area contributed by atoms with E-state index in [0.29, 0.717) is 12.2 Å². The number of methoxy groups -OCH3 is 1. The van der Waals surface area contributed by atoms with Crippen molar-refractivity contribution in [1.82, 2.24) is 14.3 Å². The first-order chi connectivity index (χ1) is 15.7. The fourth-order valence-corrected chi connectivity index (χ4v) is 4.18. The summed E-state index contributed by atoms with van der Waals surface area (Å²) in [5.41, 5.74) is 5.87. The molecule has 0 aliphatic carbocycles. The number of carbonyl (C=O) groups is 2. The summed E-state index contributed by atoms with van der Waals surface area (Å²) in [5.74, 6) is -0.804. The van der Waals surface area contributed by atoms with E-state index in [1.807, 2.05) is 75.7 Å². The van der Waals surface area contributed by atoms with Gasteiger partial charge in [-0.3, -0.25) is 4.79 Å². The first-order valence-electron chi connectivity index (χ1n) is 10.9. The van der Waals surface area contributed by atoms with Crippen LogP contribution in [0.5, 0.6) is 0 Å². The van der Waals surface area contributed by atoms with Crippen molar-refractivity contribution in [1.29, 1.82) is 0 Å². The van der Waals surface area contributed by atoms with Gasteiger partial charge >= 0.3 is 5.97 Å². The first-order valence-corrected chi connectivity index (χ1v) is 10.9. The average molecular weight is 450 g/mol. The van der Waals surface area contributed by atoms with E-state index in [0.717, 1.165) is 34.0 Å². The molecule has 7 heteroatoms. The van der Waals surface area contributed by atoms with Crippen LogP contribution in [0.3, 0.4) is 0 Å². The number of hydrogen-bond acceptors (Lipinski definition) is 5. The molecule has 0 saturated carbocycles. The van der Waals surface area contributed by atoms with Gasteiger partial charge in [0.05, 0.1) is 24.0 Å². The van der Waals surface area contributed by atoms with Crippen LogP contribution >= 0.6 is 0 Å². The second-order valence-corrected chi connectivity index (χ2v) is 8.16. The molecule has 7 nitrogen and oxygen atoms in total. The van der Waals surface area contributed by atoms with Gasteiger partial charge in [-0.05, 0) is 58.9 Å². The van der Waals surface area contributed by atoms with Crippen LogP contribution in [0.25, 0.3) is 11.8 Å². The normalized spacial score (nSPS) is 12.3. The molecule has 174 valence electrons. The maximum Gasteiger partial charge on any atom is 0.331 e. The van der Waals surface area contributed by atoms with Crippen molar-refractivity contribution in [3.63, 3.8) is 0 Å². The van der Waals surface area contributed by atoms with Crippen molar-refractivity contribution in [2.75, 3.05) is 20.3 Å². The molecule has 0 amide bonds. The molecule has 3 aromatic rings. The highest BCUT2D eigenvalue weighted by Gasteiger charge is 2.19. The predicted octanol–water partition coefficient (Wildman–Crippen LogP) is 4.55. The number of nitrogens with zero attached hydrogens (tertiary/aromatic N) is 3. The maximum absolute atomic E-state index is 12.7. The van der Waals surface area contributed by atoms with Gasteiger partial charge in [0.15, 0.2) is 6.61 Å². The van der Waals surface area contributed by atoms with Crippen molar-refractivity contribution in [3.05, 3.63) is 76.4 Å². The summed E-state index contributed by atoms with van der Waals surface area (Å²) in [6, 6.07) is 11.7. The smallest absolute Gasteiger partial charge is 0.331 e.